The molecular formula is C50H30O. The van der Waals surface area contributed by atoms with Crippen molar-refractivity contribution in [3.8, 4) is 33.4 Å². The third kappa shape index (κ3) is 4.16. The van der Waals surface area contributed by atoms with E-state index in [1.165, 1.54) is 43.4 Å². The van der Waals surface area contributed by atoms with E-state index in [9.17, 15) is 0 Å². The number of rotatable bonds is 3. The lowest BCUT2D eigenvalue weighted by Gasteiger charge is -2.19. The molecule has 0 unspecified atom stereocenters. The standard InChI is InChI=1S/C50H30O/c1-2-12-31(13-3-1)33-25-27-36-34(30-33)26-29-46-49(36)50-44(22-11-23-45(50)51-46)48-42-18-8-6-16-40(42)47(41-17-7-9-19-43(41)48)39-21-10-20-37-35-15-5-4-14-32(35)24-28-38(37)39/h1-30H/i1D,2D,3D,12D,13D. The highest BCUT2D eigenvalue weighted by atomic mass is 16.3. The zero-order valence-electron chi connectivity index (χ0n) is 32.3. The summed E-state index contributed by atoms with van der Waals surface area (Å²) in [6, 6.07) is 51.6. The fourth-order valence-electron chi connectivity index (χ4n) is 8.37. The van der Waals surface area contributed by atoms with Crippen LogP contribution in [0.5, 0.6) is 0 Å². The van der Waals surface area contributed by atoms with E-state index in [1.807, 2.05) is 36.4 Å². The zero-order chi connectivity index (χ0) is 37.8. The number of furan rings is 1. The van der Waals surface area contributed by atoms with Crippen LogP contribution in [0.3, 0.4) is 0 Å². The van der Waals surface area contributed by atoms with E-state index < -0.39 is 6.04 Å². The lowest BCUT2D eigenvalue weighted by Crippen LogP contribution is -1.92. The molecule has 236 valence electrons. The molecule has 0 radical (unpaired) electrons. The fourth-order valence-corrected chi connectivity index (χ4v) is 8.37. The summed E-state index contributed by atoms with van der Waals surface area (Å²) in [5.74, 6) is 0. The van der Waals surface area contributed by atoms with Crippen LogP contribution < -0.4 is 0 Å². The van der Waals surface area contributed by atoms with Crippen LogP contribution in [-0.2, 0) is 0 Å². The lowest BCUT2D eigenvalue weighted by molar-refractivity contribution is 0.669. The molecule has 11 rings (SSSR count). The van der Waals surface area contributed by atoms with Crippen molar-refractivity contribution in [3.05, 3.63) is 182 Å². The van der Waals surface area contributed by atoms with Gasteiger partial charge in [-0.15, -0.1) is 0 Å². The first-order chi connectivity index (χ1) is 27.4. The molecule has 0 bridgehead atoms. The first kappa shape index (κ1) is 23.6. The highest BCUT2D eigenvalue weighted by Gasteiger charge is 2.22. The molecule has 0 amide bonds. The summed E-state index contributed by atoms with van der Waals surface area (Å²) >= 11 is 0. The molecule has 0 fully saturated rings. The van der Waals surface area contributed by atoms with E-state index in [0.717, 1.165) is 54.6 Å². The summed E-state index contributed by atoms with van der Waals surface area (Å²) in [5.41, 5.74) is 6.87. The Balaban J connectivity index is 1.21. The molecule has 0 N–H and O–H groups in total. The molecule has 0 saturated heterocycles. The van der Waals surface area contributed by atoms with Crippen molar-refractivity contribution in [2.45, 2.75) is 0 Å². The summed E-state index contributed by atoms with van der Waals surface area (Å²) in [5, 5.41) is 13.3. The zero-order valence-corrected chi connectivity index (χ0v) is 27.3. The molecule has 0 aliphatic rings. The molecule has 0 aliphatic heterocycles. The van der Waals surface area contributed by atoms with Gasteiger partial charge in [0.25, 0.3) is 0 Å². The Morgan fingerprint density at radius 3 is 1.71 bits per heavy atom. The normalized spacial score (nSPS) is 13.3. The number of hydrogen-bond donors (Lipinski definition) is 0. The van der Waals surface area contributed by atoms with E-state index in [-0.39, 0.29) is 29.7 Å². The first-order valence-corrected chi connectivity index (χ1v) is 17.2. The van der Waals surface area contributed by atoms with Crippen LogP contribution in [0, 0.1) is 0 Å². The maximum Gasteiger partial charge on any atom is 0.136 e. The Kier molecular flexibility index (Phi) is 5.05. The molecule has 0 aliphatic carbocycles. The average Bonchev–Trinajstić information content (AvgIpc) is 3.64. The van der Waals surface area contributed by atoms with E-state index in [1.54, 1.807) is 0 Å². The molecule has 51 heavy (non-hydrogen) atoms. The van der Waals surface area contributed by atoms with Gasteiger partial charge in [-0.1, -0.05) is 164 Å². The van der Waals surface area contributed by atoms with Crippen LogP contribution in [0.4, 0.5) is 0 Å². The molecule has 1 nitrogen and oxygen atoms in total. The molecule has 11 aromatic rings. The minimum absolute atomic E-state index is 0.188. The molecule has 0 saturated carbocycles. The number of benzene rings is 10. The van der Waals surface area contributed by atoms with Gasteiger partial charge in [-0.3, -0.25) is 0 Å². The molecular weight excluding hydrogens is 617 g/mol. The average molecular weight is 652 g/mol. The molecule has 0 atom stereocenters. The first-order valence-electron chi connectivity index (χ1n) is 19.7. The fraction of sp³-hybridized carbons (Fsp3) is 0. The Labute approximate surface area is 301 Å². The van der Waals surface area contributed by atoms with Crippen molar-refractivity contribution in [2.75, 3.05) is 0 Å². The smallest absolute Gasteiger partial charge is 0.136 e. The van der Waals surface area contributed by atoms with E-state index in [0.29, 0.717) is 5.56 Å². The molecule has 0 spiro atoms. The third-order valence-corrected chi connectivity index (χ3v) is 10.5. The predicted molar refractivity (Wildman–Crippen MR) is 218 cm³/mol. The van der Waals surface area contributed by atoms with Gasteiger partial charge >= 0.3 is 0 Å². The number of fused-ring (bicyclic) bond motifs is 10. The Bertz CT molecular complexity index is 3400. The lowest BCUT2D eigenvalue weighted by atomic mass is 9.83. The highest BCUT2D eigenvalue weighted by Crippen LogP contribution is 2.49. The van der Waals surface area contributed by atoms with E-state index in [2.05, 4.69) is 115 Å². The van der Waals surface area contributed by atoms with Crippen LogP contribution >= 0.6 is 0 Å². The summed E-state index contributed by atoms with van der Waals surface area (Å²) in [4.78, 5) is 0. The highest BCUT2D eigenvalue weighted by molar-refractivity contribution is 6.30. The van der Waals surface area contributed by atoms with Crippen LogP contribution in [0.25, 0.3) is 109 Å². The van der Waals surface area contributed by atoms with Crippen LogP contribution in [0.1, 0.15) is 6.85 Å². The van der Waals surface area contributed by atoms with Gasteiger partial charge in [0.1, 0.15) is 11.2 Å². The van der Waals surface area contributed by atoms with Gasteiger partial charge in [-0.05, 0) is 105 Å². The monoisotopic (exact) mass is 651 g/mol. The summed E-state index contributed by atoms with van der Waals surface area (Å²) < 4.78 is 48.4. The van der Waals surface area contributed by atoms with E-state index >= 15 is 0 Å². The summed E-state index contributed by atoms with van der Waals surface area (Å²) in [6.45, 7) is 0. The second-order valence-electron chi connectivity index (χ2n) is 13.2. The van der Waals surface area contributed by atoms with Gasteiger partial charge in [-0.25, -0.2) is 0 Å². The SMILES string of the molecule is [2H]c1c([2H])c([2H])c(-c2ccc3c(ccc4oc5cccc(-c6c7ccccc7c(-c7cccc8c7ccc7ccccc78)c7ccccc67)c5c43)c2)c([2H])c1[2H]. The minimum atomic E-state index is -0.400. The van der Waals surface area contributed by atoms with Gasteiger partial charge in [-0.2, -0.15) is 0 Å². The van der Waals surface area contributed by atoms with Crippen molar-refractivity contribution >= 4 is 75.8 Å². The second kappa shape index (κ2) is 10.9. The quantitative estimate of drug-likeness (QED) is 0.137. The van der Waals surface area contributed by atoms with Crippen molar-refractivity contribution in [1.29, 1.82) is 0 Å². The maximum atomic E-state index is 8.60. The third-order valence-electron chi connectivity index (χ3n) is 10.5. The van der Waals surface area contributed by atoms with Crippen LogP contribution in [0.15, 0.2) is 186 Å². The maximum absolute atomic E-state index is 8.60. The Hall–Kier alpha value is -6.70. The molecule has 1 heterocycles. The van der Waals surface area contributed by atoms with Crippen molar-refractivity contribution in [3.63, 3.8) is 0 Å². The summed E-state index contributed by atoms with van der Waals surface area (Å²) in [7, 11) is 0. The topological polar surface area (TPSA) is 13.1 Å². The second-order valence-corrected chi connectivity index (χ2v) is 13.2. The molecule has 1 aromatic heterocycles. The number of hydrogen-bond acceptors (Lipinski definition) is 1. The van der Waals surface area contributed by atoms with Crippen LogP contribution in [0.2, 0.25) is 0 Å². The van der Waals surface area contributed by atoms with Crippen molar-refractivity contribution in [2.24, 2.45) is 0 Å². The van der Waals surface area contributed by atoms with Crippen LogP contribution in [-0.4, -0.2) is 0 Å². The van der Waals surface area contributed by atoms with Crippen molar-refractivity contribution in [1.82, 2.24) is 0 Å². The predicted octanol–water partition coefficient (Wildman–Crippen LogP) is 14.4. The van der Waals surface area contributed by atoms with Gasteiger partial charge in [0.15, 0.2) is 0 Å². The largest absolute Gasteiger partial charge is 0.456 e. The van der Waals surface area contributed by atoms with Gasteiger partial charge in [0, 0.05) is 10.8 Å². The molecule has 10 aromatic carbocycles. The minimum Gasteiger partial charge on any atom is -0.456 e. The van der Waals surface area contributed by atoms with E-state index in [4.69, 9.17) is 11.3 Å². The Morgan fingerprint density at radius 1 is 0.353 bits per heavy atom. The van der Waals surface area contributed by atoms with Gasteiger partial charge in [0.2, 0.25) is 0 Å². The van der Waals surface area contributed by atoms with Gasteiger partial charge in [0.05, 0.1) is 6.85 Å². The Morgan fingerprint density at radius 2 is 0.941 bits per heavy atom. The van der Waals surface area contributed by atoms with Gasteiger partial charge < -0.3 is 4.42 Å². The van der Waals surface area contributed by atoms with Crippen molar-refractivity contribution < 1.29 is 11.3 Å². The molecule has 1 heteroatoms. The summed E-state index contributed by atoms with van der Waals surface area (Å²) in [6.07, 6.45) is 0.